The number of methoxy groups -OCH3 is 1. The average molecular weight is 392 g/mol. The topological polar surface area (TPSA) is 86.7 Å². The number of amides is 1. The average Bonchev–Trinajstić information content (AvgIpc) is 2.89. The number of aliphatic carboxylic acids is 1. The van der Waals surface area contributed by atoms with Crippen LogP contribution in [-0.4, -0.2) is 40.2 Å². The van der Waals surface area contributed by atoms with Gasteiger partial charge in [0.15, 0.2) is 0 Å². The third-order valence-corrected chi connectivity index (χ3v) is 5.49. The van der Waals surface area contributed by atoms with Crippen LogP contribution >= 0.6 is 24.0 Å². The highest BCUT2D eigenvalue weighted by molar-refractivity contribution is 8.26. The van der Waals surface area contributed by atoms with E-state index in [1.54, 1.807) is 37.3 Å². The predicted octanol–water partition coefficient (Wildman–Crippen LogP) is 1.84. The van der Waals surface area contributed by atoms with Gasteiger partial charge in [0, 0.05) is 0 Å². The van der Waals surface area contributed by atoms with Crippen LogP contribution in [0.2, 0.25) is 0 Å². The van der Waals surface area contributed by atoms with Crippen molar-refractivity contribution in [3.63, 3.8) is 0 Å². The summed E-state index contributed by atoms with van der Waals surface area (Å²) in [6.45, 7) is 3.59. The van der Waals surface area contributed by atoms with Gasteiger partial charge < -0.3 is 14.6 Å². The number of thioether (sulfide) groups is 1. The van der Waals surface area contributed by atoms with Crippen molar-refractivity contribution in [2.45, 2.75) is 26.3 Å². The van der Waals surface area contributed by atoms with Gasteiger partial charge in [0.1, 0.15) is 4.32 Å². The van der Waals surface area contributed by atoms with Gasteiger partial charge in [0.05, 0.1) is 29.6 Å². The summed E-state index contributed by atoms with van der Waals surface area (Å²) in [5.41, 5.74) is 1.08. The Morgan fingerprint density at radius 2 is 1.96 bits per heavy atom. The molecular weight excluding hydrogens is 374 g/mol. The van der Waals surface area contributed by atoms with Gasteiger partial charge >= 0.3 is 5.97 Å². The fourth-order valence-corrected chi connectivity index (χ4v) is 3.85. The minimum Gasteiger partial charge on any atom is -0.548 e. The number of hydrogen-bond donors (Lipinski definition) is 0. The largest absolute Gasteiger partial charge is 0.548 e. The van der Waals surface area contributed by atoms with Gasteiger partial charge in [-0.2, -0.15) is 0 Å². The van der Waals surface area contributed by atoms with Crippen molar-refractivity contribution in [2.75, 3.05) is 7.11 Å². The number of rotatable bonds is 6. The van der Waals surface area contributed by atoms with Crippen LogP contribution in [0.3, 0.4) is 0 Å². The van der Waals surface area contributed by atoms with Gasteiger partial charge in [-0.05, 0) is 29.7 Å². The summed E-state index contributed by atoms with van der Waals surface area (Å²) in [5.74, 6) is -2.51. The highest BCUT2D eigenvalue weighted by Crippen LogP contribution is 2.35. The molecule has 2 rings (SSSR count). The molecule has 138 valence electrons. The van der Waals surface area contributed by atoms with Gasteiger partial charge in [-0.15, -0.1) is 0 Å². The van der Waals surface area contributed by atoms with Gasteiger partial charge in [0.2, 0.25) is 0 Å². The maximum absolute atomic E-state index is 12.7. The van der Waals surface area contributed by atoms with Crippen molar-refractivity contribution in [3.05, 3.63) is 40.3 Å². The van der Waals surface area contributed by atoms with Gasteiger partial charge in [-0.3, -0.25) is 9.69 Å². The summed E-state index contributed by atoms with van der Waals surface area (Å²) < 4.78 is 4.83. The van der Waals surface area contributed by atoms with Crippen LogP contribution in [0.15, 0.2) is 29.2 Å². The third kappa shape index (κ3) is 4.13. The first-order chi connectivity index (χ1) is 12.3. The van der Waals surface area contributed by atoms with Crippen LogP contribution in [0.1, 0.15) is 36.2 Å². The van der Waals surface area contributed by atoms with Crippen molar-refractivity contribution in [1.82, 2.24) is 4.90 Å². The second kappa shape index (κ2) is 8.46. The number of benzene rings is 1. The van der Waals surface area contributed by atoms with E-state index >= 15 is 0 Å². The van der Waals surface area contributed by atoms with Crippen molar-refractivity contribution in [1.29, 1.82) is 0 Å². The summed E-state index contributed by atoms with van der Waals surface area (Å²) in [4.78, 5) is 37.1. The first-order valence-electron chi connectivity index (χ1n) is 7.96. The maximum atomic E-state index is 12.7. The molecule has 1 aromatic carbocycles. The summed E-state index contributed by atoms with van der Waals surface area (Å²) in [7, 11) is 1.30. The predicted molar refractivity (Wildman–Crippen MR) is 101 cm³/mol. The third-order valence-electron chi connectivity index (χ3n) is 4.16. The second-order valence-corrected chi connectivity index (χ2v) is 7.49. The van der Waals surface area contributed by atoms with Gasteiger partial charge in [-0.1, -0.05) is 56.4 Å². The zero-order valence-corrected chi connectivity index (χ0v) is 16.2. The highest BCUT2D eigenvalue weighted by Gasteiger charge is 2.39. The summed E-state index contributed by atoms with van der Waals surface area (Å²) >= 11 is 6.27. The number of esters is 1. The molecule has 1 aromatic rings. The van der Waals surface area contributed by atoms with E-state index in [0.29, 0.717) is 22.5 Å². The van der Waals surface area contributed by atoms with Crippen LogP contribution in [0.25, 0.3) is 6.08 Å². The maximum Gasteiger partial charge on any atom is 0.337 e. The molecule has 0 aromatic heterocycles. The molecule has 1 aliphatic heterocycles. The number of nitrogens with zero attached hydrogens (tertiary/aromatic N) is 1. The molecule has 1 amide bonds. The fraction of sp³-hybridized carbons (Fsp3) is 0.333. The lowest BCUT2D eigenvalue weighted by Gasteiger charge is -2.32. The Hall–Kier alpha value is -2.19. The zero-order chi connectivity index (χ0) is 19.4. The zero-order valence-electron chi connectivity index (χ0n) is 14.6. The minimum atomic E-state index is -1.32. The Balaban J connectivity index is 2.28. The van der Waals surface area contributed by atoms with E-state index in [-0.39, 0.29) is 10.2 Å². The van der Waals surface area contributed by atoms with E-state index in [9.17, 15) is 19.5 Å². The molecule has 26 heavy (non-hydrogen) atoms. The first kappa shape index (κ1) is 20.1. The smallest absolute Gasteiger partial charge is 0.337 e. The number of carboxylic acids is 1. The SMILES string of the molecule is CC[C@H](C)[C@H](C(=O)[O-])N1C(=O)/C(=C/c2ccc(C(=O)OC)cc2)SC1=S. The van der Waals surface area contributed by atoms with Crippen molar-refractivity contribution in [3.8, 4) is 0 Å². The van der Waals surface area contributed by atoms with Crippen LogP contribution < -0.4 is 5.11 Å². The second-order valence-electron chi connectivity index (χ2n) is 5.81. The lowest BCUT2D eigenvalue weighted by Crippen LogP contribution is -2.53. The lowest BCUT2D eigenvalue weighted by molar-refractivity contribution is -0.311. The number of hydrogen-bond acceptors (Lipinski definition) is 7. The van der Waals surface area contributed by atoms with Gasteiger partial charge in [-0.25, -0.2) is 4.79 Å². The Labute approximate surface area is 161 Å². The van der Waals surface area contributed by atoms with Crippen LogP contribution in [-0.2, 0) is 14.3 Å². The molecule has 8 heteroatoms. The minimum absolute atomic E-state index is 0.196. The van der Waals surface area contributed by atoms with E-state index in [1.165, 1.54) is 7.11 Å². The molecule has 1 aliphatic rings. The number of carboxylic acid groups (broad SMARTS) is 1. The number of ether oxygens (including phenoxy) is 1. The van der Waals surface area contributed by atoms with Crippen molar-refractivity contribution >= 4 is 52.2 Å². The Morgan fingerprint density at radius 3 is 2.46 bits per heavy atom. The molecule has 0 spiro atoms. The molecule has 0 N–H and O–H groups in total. The molecule has 2 atom stereocenters. The van der Waals surface area contributed by atoms with Gasteiger partial charge in [0.25, 0.3) is 5.91 Å². The molecule has 0 saturated carbocycles. The molecule has 0 aliphatic carbocycles. The van der Waals surface area contributed by atoms with E-state index in [4.69, 9.17) is 12.2 Å². The van der Waals surface area contributed by atoms with Crippen LogP contribution in [0.4, 0.5) is 0 Å². The first-order valence-corrected chi connectivity index (χ1v) is 9.18. The summed E-state index contributed by atoms with van der Waals surface area (Å²) in [6, 6.07) is 5.41. The molecule has 1 saturated heterocycles. The quantitative estimate of drug-likeness (QED) is 0.415. The number of carbonyl (C=O) groups is 3. The monoisotopic (exact) mass is 392 g/mol. The molecule has 6 nitrogen and oxygen atoms in total. The molecule has 0 radical (unpaired) electrons. The molecule has 0 bridgehead atoms. The van der Waals surface area contributed by atoms with E-state index in [1.807, 2.05) is 6.92 Å². The standard InChI is InChI=1S/C18H19NO5S2/c1-4-10(2)14(16(21)22)19-15(20)13(26-18(19)25)9-11-5-7-12(8-6-11)17(23)24-3/h5-10,14H,4H2,1-3H3,(H,21,22)/p-1/b13-9-/t10-,14+/m0/s1. The molecule has 1 fully saturated rings. The Bertz CT molecular complexity index is 772. The summed E-state index contributed by atoms with van der Waals surface area (Å²) in [5, 5.41) is 11.5. The van der Waals surface area contributed by atoms with E-state index < -0.39 is 23.9 Å². The molecule has 1 heterocycles. The van der Waals surface area contributed by atoms with E-state index in [0.717, 1.165) is 16.7 Å². The molecular formula is C18H18NO5S2-. The lowest BCUT2D eigenvalue weighted by atomic mass is 9.98. The normalized spacial score (nSPS) is 18.1. The van der Waals surface area contributed by atoms with Crippen LogP contribution in [0.5, 0.6) is 0 Å². The van der Waals surface area contributed by atoms with E-state index in [2.05, 4.69) is 4.74 Å². The number of thiocarbonyl (C=S) groups is 1. The Morgan fingerprint density at radius 1 is 1.35 bits per heavy atom. The van der Waals surface area contributed by atoms with Crippen LogP contribution in [0, 0.1) is 5.92 Å². The van der Waals surface area contributed by atoms with Crippen molar-refractivity contribution in [2.24, 2.45) is 5.92 Å². The fourth-order valence-electron chi connectivity index (χ4n) is 2.52. The summed E-state index contributed by atoms with van der Waals surface area (Å²) in [6.07, 6.45) is 2.19. The number of carbonyl (C=O) groups excluding carboxylic acids is 3. The Kier molecular flexibility index (Phi) is 6.55. The highest BCUT2D eigenvalue weighted by atomic mass is 32.2. The molecule has 0 unspecified atom stereocenters. The van der Waals surface area contributed by atoms with Crippen molar-refractivity contribution < 1.29 is 24.2 Å².